The minimum absolute atomic E-state index is 0.0330. The van der Waals surface area contributed by atoms with Crippen LogP contribution in [0.1, 0.15) is 54.7 Å². The van der Waals surface area contributed by atoms with Gasteiger partial charge >= 0.3 is 0 Å². The van der Waals surface area contributed by atoms with Gasteiger partial charge in [0.2, 0.25) is 0 Å². The van der Waals surface area contributed by atoms with Gasteiger partial charge < -0.3 is 9.88 Å². The Morgan fingerprint density at radius 2 is 2.06 bits per heavy atom. The number of fused-ring (bicyclic) bond motifs is 2. The molecule has 1 atom stereocenters. The van der Waals surface area contributed by atoms with Crippen molar-refractivity contribution in [2.24, 2.45) is 0 Å². The lowest BCUT2D eigenvalue weighted by atomic mass is 10.0. The van der Waals surface area contributed by atoms with Crippen LogP contribution in [0.25, 0.3) is 10.9 Å². The molecule has 0 radical (unpaired) electrons. The summed E-state index contributed by atoms with van der Waals surface area (Å²) in [6.45, 7) is 4.24. The van der Waals surface area contributed by atoms with E-state index in [2.05, 4.69) is 28.3 Å². The third-order valence-corrected chi connectivity index (χ3v) is 6.34. The van der Waals surface area contributed by atoms with Gasteiger partial charge in [0, 0.05) is 30.8 Å². The Hall–Kier alpha value is -3.09. The van der Waals surface area contributed by atoms with Crippen LogP contribution in [-0.2, 0) is 18.9 Å². The van der Waals surface area contributed by atoms with E-state index >= 15 is 0 Å². The van der Waals surface area contributed by atoms with Gasteiger partial charge in [-0.25, -0.2) is 18.7 Å². The number of aryl methyl sites for hydroxylation is 1. The molecule has 1 aromatic carbocycles. The van der Waals surface area contributed by atoms with E-state index in [0.717, 1.165) is 29.4 Å². The minimum Gasteiger partial charge on any atom is -0.365 e. The quantitative estimate of drug-likeness (QED) is 0.599. The second kappa shape index (κ2) is 7.25. The Morgan fingerprint density at radius 3 is 2.84 bits per heavy atom. The van der Waals surface area contributed by atoms with Crippen molar-refractivity contribution in [3.8, 4) is 0 Å². The fraction of sp³-hybridized carbons (Fsp3) is 0.375. The van der Waals surface area contributed by atoms with E-state index in [4.69, 9.17) is 0 Å². The summed E-state index contributed by atoms with van der Waals surface area (Å²) in [5.74, 6) is -1.60. The molecule has 2 aromatic heterocycles. The lowest BCUT2D eigenvalue weighted by molar-refractivity contribution is -0.00184. The van der Waals surface area contributed by atoms with Gasteiger partial charge in [-0.3, -0.25) is 4.79 Å². The van der Waals surface area contributed by atoms with Crippen molar-refractivity contribution < 1.29 is 8.78 Å². The van der Waals surface area contributed by atoms with Crippen molar-refractivity contribution in [1.82, 2.24) is 14.5 Å². The maximum atomic E-state index is 14.1. The molecule has 0 saturated heterocycles. The lowest BCUT2D eigenvalue weighted by Crippen LogP contribution is -2.22. The van der Waals surface area contributed by atoms with E-state index in [0.29, 0.717) is 30.1 Å². The largest absolute Gasteiger partial charge is 0.365 e. The van der Waals surface area contributed by atoms with Gasteiger partial charge in [0.1, 0.15) is 11.6 Å². The predicted octanol–water partition coefficient (Wildman–Crippen LogP) is 5.03. The van der Waals surface area contributed by atoms with E-state index in [1.165, 1.54) is 11.6 Å². The number of alkyl halides is 2. The molecule has 5 nitrogen and oxygen atoms in total. The first-order valence-electron chi connectivity index (χ1n) is 10.6. The van der Waals surface area contributed by atoms with Crippen molar-refractivity contribution in [3.05, 3.63) is 75.0 Å². The highest BCUT2D eigenvalue weighted by atomic mass is 19.3. The molecule has 2 aliphatic carbocycles. The number of halogens is 2. The maximum Gasteiger partial charge on any atom is 0.273 e. The molecule has 2 aliphatic rings. The standard InChI is InChI=1S/C24H24F2N4O/c1-14-6-7-17(10-14)30-13-19-21(11-22(30)31)28-15(2)29-23(19)27-12-16-4-3-5-20-18(16)8-9-24(20,25)26/h3-5,10-11,13,17H,6-9,12H2,1-2H3,(H,27,28,29). The molecule has 0 aliphatic heterocycles. The summed E-state index contributed by atoms with van der Waals surface area (Å²) in [5.41, 5.74) is 3.48. The van der Waals surface area contributed by atoms with Crippen LogP contribution < -0.4 is 10.9 Å². The molecule has 2 heterocycles. The molecular formula is C24H24F2N4O. The zero-order valence-electron chi connectivity index (χ0n) is 17.6. The summed E-state index contributed by atoms with van der Waals surface area (Å²) in [6.07, 6.45) is 6.06. The zero-order chi connectivity index (χ0) is 21.8. The molecule has 0 fully saturated rings. The van der Waals surface area contributed by atoms with Gasteiger partial charge in [0.05, 0.1) is 16.9 Å². The first kappa shape index (κ1) is 19.8. The number of rotatable bonds is 4. The molecule has 1 unspecified atom stereocenters. The van der Waals surface area contributed by atoms with Crippen LogP contribution in [-0.4, -0.2) is 14.5 Å². The summed E-state index contributed by atoms with van der Waals surface area (Å²) in [4.78, 5) is 21.7. The average molecular weight is 422 g/mol. The van der Waals surface area contributed by atoms with Crippen molar-refractivity contribution in [1.29, 1.82) is 0 Å². The number of allylic oxidation sites excluding steroid dienone is 2. The molecule has 7 heteroatoms. The van der Waals surface area contributed by atoms with E-state index < -0.39 is 5.92 Å². The molecule has 160 valence electrons. The third-order valence-electron chi connectivity index (χ3n) is 6.34. The van der Waals surface area contributed by atoms with Gasteiger partial charge in [0.15, 0.2) is 0 Å². The summed E-state index contributed by atoms with van der Waals surface area (Å²) < 4.78 is 30.0. The van der Waals surface area contributed by atoms with Crippen LogP contribution in [0, 0.1) is 6.92 Å². The smallest absolute Gasteiger partial charge is 0.273 e. The fourth-order valence-electron chi connectivity index (χ4n) is 4.75. The Labute approximate surface area is 178 Å². The summed E-state index contributed by atoms with van der Waals surface area (Å²) >= 11 is 0. The van der Waals surface area contributed by atoms with Crippen LogP contribution in [0.2, 0.25) is 0 Å². The number of pyridine rings is 1. The van der Waals surface area contributed by atoms with Crippen molar-refractivity contribution in [2.75, 3.05) is 5.32 Å². The molecule has 31 heavy (non-hydrogen) atoms. The molecular weight excluding hydrogens is 398 g/mol. The van der Waals surface area contributed by atoms with Gasteiger partial charge in [0.25, 0.3) is 11.5 Å². The first-order chi connectivity index (χ1) is 14.8. The Kier molecular flexibility index (Phi) is 4.64. The summed E-state index contributed by atoms with van der Waals surface area (Å²) in [6, 6.07) is 6.67. The third kappa shape index (κ3) is 3.52. The highest BCUT2D eigenvalue weighted by Gasteiger charge is 2.39. The SMILES string of the molecule is CC1=CC(n2cc3c(NCc4cccc5c4CCC5(F)F)nc(C)nc3cc2=O)CC1. The van der Waals surface area contributed by atoms with Crippen LogP contribution in [0.15, 0.2) is 46.9 Å². The molecule has 5 rings (SSSR count). The Bertz CT molecular complexity index is 1280. The number of anilines is 1. The van der Waals surface area contributed by atoms with Crippen molar-refractivity contribution >= 4 is 16.7 Å². The molecule has 0 amide bonds. The van der Waals surface area contributed by atoms with Gasteiger partial charge in [-0.1, -0.05) is 29.8 Å². The Balaban J connectivity index is 1.52. The maximum absolute atomic E-state index is 14.1. The van der Waals surface area contributed by atoms with E-state index in [1.54, 1.807) is 23.6 Å². The minimum atomic E-state index is -2.76. The van der Waals surface area contributed by atoms with Crippen LogP contribution in [0.4, 0.5) is 14.6 Å². The fourth-order valence-corrected chi connectivity index (χ4v) is 4.75. The highest BCUT2D eigenvalue weighted by molar-refractivity contribution is 5.88. The topological polar surface area (TPSA) is 59.8 Å². The second-order valence-corrected chi connectivity index (χ2v) is 8.56. The number of nitrogens with zero attached hydrogens (tertiary/aromatic N) is 3. The number of nitrogens with one attached hydrogen (secondary N) is 1. The molecule has 0 saturated carbocycles. The number of hydrogen-bond acceptors (Lipinski definition) is 4. The Morgan fingerprint density at radius 1 is 1.23 bits per heavy atom. The van der Waals surface area contributed by atoms with Gasteiger partial charge in [-0.05, 0) is 44.2 Å². The second-order valence-electron chi connectivity index (χ2n) is 8.56. The van der Waals surface area contributed by atoms with Crippen LogP contribution in [0.3, 0.4) is 0 Å². The van der Waals surface area contributed by atoms with E-state index in [1.807, 2.05) is 12.3 Å². The number of hydrogen-bond donors (Lipinski definition) is 1. The van der Waals surface area contributed by atoms with Crippen molar-refractivity contribution in [2.45, 2.75) is 58.0 Å². The highest BCUT2D eigenvalue weighted by Crippen LogP contribution is 2.42. The number of benzene rings is 1. The monoisotopic (exact) mass is 422 g/mol. The first-order valence-corrected chi connectivity index (χ1v) is 10.6. The van der Waals surface area contributed by atoms with Gasteiger partial charge in [-0.15, -0.1) is 0 Å². The predicted molar refractivity (Wildman–Crippen MR) is 117 cm³/mol. The number of aromatic nitrogens is 3. The zero-order valence-corrected chi connectivity index (χ0v) is 17.6. The lowest BCUT2D eigenvalue weighted by Gasteiger charge is -2.16. The molecule has 1 N–H and O–H groups in total. The van der Waals surface area contributed by atoms with E-state index in [-0.39, 0.29) is 23.6 Å². The average Bonchev–Trinajstić information content (AvgIpc) is 3.29. The van der Waals surface area contributed by atoms with Crippen molar-refractivity contribution in [3.63, 3.8) is 0 Å². The van der Waals surface area contributed by atoms with Crippen LogP contribution in [0.5, 0.6) is 0 Å². The molecule has 3 aromatic rings. The molecule has 0 spiro atoms. The van der Waals surface area contributed by atoms with Gasteiger partial charge in [-0.2, -0.15) is 0 Å². The normalized spacial score (nSPS) is 19.5. The molecule has 0 bridgehead atoms. The summed E-state index contributed by atoms with van der Waals surface area (Å²) in [7, 11) is 0. The van der Waals surface area contributed by atoms with E-state index in [9.17, 15) is 13.6 Å². The van der Waals surface area contributed by atoms with Crippen LogP contribution >= 0.6 is 0 Å². The summed E-state index contributed by atoms with van der Waals surface area (Å²) in [5, 5.41) is 4.07.